The van der Waals surface area contributed by atoms with Crippen molar-refractivity contribution in [3.8, 4) is 11.8 Å². The Balaban J connectivity index is 1.82. The van der Waals surface area contributed by atoms with Gasteiger partial charge in [0.15, 0.2) is 5.78 Å². The fraction of sp³-hybridized carbons (Fsp3) is 0.375. The number of carbonyl (C=O) groups excluding carboxylic acids is 2. The Kier molecular flexibility index (Phi) is 6.13. The second-order valence-corrected chi connectivity index (χ2v) is 14.0. The normalized spacial score (nSPS) is 15.6. The van der Waals surface area contributed by atoms with E-state index >= 15 is 0 Å². The fourth-order valence-corrected chi connectivity index (χ4v) is 4.52. The fourth-order valence-electron chi connectivity index (χ4n) is 3.36. The Bertz CT molecular complexity index is 965. The van der Waals surface area contributed by atoms with E-state index in [-0.39, 0.29) is 18.1 Å². The molecule has 3 rings (SSSR count). The minimum atomic E-state index is -1.40. The number of methoxy groups -OCH3 is 1. The van der Waals surface area contributed by atoms with Gasteiger partial charge in [-0.15, -0.1) is 0 Å². The van der Waals surface area contributed by atoms with Crippen LogP contribution in [0.2, 0.25) is 19.6 Å². The Morgan fingerprint density at radius 3 is 2.17 bits per heavy atom. The zero-order chi connectivity index (χ0) is 21.9. The Morgan fingerprint density at radius 1 is 1.10 bits per heavy atom. The van der Waals surface area contributed by atoms with Gasteiger partial charge < -0.3 is 10.1 Å². The molecule has 1 aliphatic rings. The molecule has 1 fully saturated rings. The molecule has 1 unspecified atom stereocenters. The number of nitrogens with zero attached hydrogens (tertiary/aromatic N) is 1. The average Bonchev–Trinajstić information content (AvgIpc) is 3.53. The molecule has 0 saturated heterocycles. The summed E-state index contributed by atoms with van der Waals surface area (Å²) in [5, 5.41) is 13.5. The predicted molar refractivity (Wildman–Crippen MR) is 119 cm³/mol. The minimum absolute atomic E-state index is 0.108. The third-order valence-electron chi connectivity index (χ3n) is 5.64. The highest BCUT2D eigenvalue weighted by Crippen LogP contribution is 2.45. The van der Waals surface area contributed by atoms with Gasteiger partial charge in [-0.1, -0.05) is 61.2 Å². The van der Waals surface area contributed by atoms with Crippen LogP contribution in [-0.2, 0) is 16.0 Å². The first-order chi connectivity index (χ1) is 14.2. The summed E-state index contributed by atoms with van der Waals surface area (Å²) in [6.45, 7) is 6.85. The Labute approximate surface area is 179 Å². The zero-order valence-electron chi connectivity index (χ0n) is 18.0. The number of carbonyl (C=O) groups is 2. The van der Waals surface area contributed by atoms with Gasteiger partial charge in [-0.05, 0) is 36.1 Å². The first-order valence-electron chi connectivity index (χ1n) is 10.2. The quantitative estimate of drug-likeness (QED) is 0.663. The van der Waals surface area contributed by atoms with Gasteiger partial charge in [-0.25, -0.2) is 0 Å². The van der Waals surface area contributed by atoms with Crippen LogP contribution in [0.1, 0.15) is 30.0 Å². The third-order valence-corrected chi connectivity index (χ3v) is 7.71. The number of nitriles is 1. The third kappa shape index (κ3) is 4.80. The topological polar surface area (TPSA) is 79.2 Å². The lowest BCUT2D eigenvalue weighted by Gasteiger charge is -2.21. The molecule has 156 valence electrons. The van der Waals surface area contributed by atoms with E-state index in [0.717, 1.165) is 5.56 Å². The number of benzene rings is 2. The molecule has 2 aromatic carbocycles. The molecule has 2 aromatic rings. The number of Topliss-reactive ketones (excluding diaryl/α,β-unsaturated/α-hetero) is 1. The first kappa shape index (κ1) is 21.8. The second kappa shape index (κ2) is 8.45. The van der Waals surface area contributed by atoms with Gasteiger partial charge in [0, 0.05) is 6.42 Å². The molecule has 0 aromatic heterocycles. The average molecular weight is 421 g/mol. The molecule has 5 nitrogen and oxygen atoms in total. The lowest BCUT2D eigenvalue weighted by molar-refractivity contribution is -0.129. The van der Waals surface area contributed by atoms with Crippen molar-refractivity contribution in [1.82, 2.24) is 5.32 Å². The number of rotatable bonds is 8. The molecular weight excluding hydrogens is 392 g/mol. The number of hydrogen-bond acceptors (Lipinski definition) is 4. The second-order valence-electron chi connectivity index (χ2n) is 8.96. The van der Waals surface area contributed by atoms with Gasteiger partial charge in [-0.2, -0.15) is 5.26 Å². The van der Waals surface area contributed by atoms with Crippen molar-refractivity contribution in [1.29, 1.82) is 5.26 Å². The number of hydrogen-bond donors (Lipinski definition) is 1. The van der Waals surface area contributed by atoms with E-state index in [2.05, 4.69) is 43.2 Å². The molecule has 1 N–H and O–H groups in total. The first-order valence-corrected chi connectivity index (χ1v) is 13.7. The summed E-state index contributed by atoms with van der Waals surface area (Å²) in [5.41, 5.74) is 0.613. The Hall–Kier alpha value is -2.91. The highest BCUT2D eigenvalue weighted by molar-refractivity contribution is 6.88. The lowest BCUT2D eigenvalue weighted by Crippen LogP contribution is -2.39. The van der Waals surface area contributed by atoms with E-state index < -0.39 is 19.5 Å². The molecule has 1 saturated carbocycles. The molecule has 1 aliphatic carbocycles. The van der Waals surface area contributed by atoms with Crippen molar-refractivity contribution in [2.24, 2.45) is 5.41 Å². The summed E-state index contributed by atoms with van der Waals surface area (Å²) in [4.78, 5) is 25.9. The zero-order valence-corrected chi connectivity index (χ0v) is 19.0. The predicted octanol–water partition coefficient (Wildman–Crippen LogP) is 3.51. The summed E-state index contributed by atoms with van der Waals surface area (Å²) in [7, 11) is 0.172. The number of nitrogens with one attached hydrogen (secondary N) is 1. The van der Waals surface area contributed by atoms with Crippen molar-refractivity contribution in [3.63, 3.8) is 0 Å². The van der Waals surface area contributed by atoms with E-state index in [1.807, 2.05) is 12.1 Å². The van der Waals surface area contributed by atoms with Gasteiger partial charge in [0.1, 0.15) is 17.2 Å². The number of amides is 1. The van der Waals surface area contributed by atoms with Crippen LogP contribution in [0.15, 0.2) is 48.5 Å². The summed E-state index contributed by atoms with van der Waals surface area (Å²) in [6, 6.07) is 16.6. The van der Waals surface area contributed by atoms with Crippen LogP contribution in [0.4, 0.5) is 0 Å². The summed E-state index contributed by atoms with van der Waals surface area (Å²) in [5.74, 6) is 0.199. The van der Waals surface area contributed by atoms with Crippen molar-refractivity contribution < 1.29 is 14.3 Å². The monoisotopic (exact) mass is 420 g/mol. The molecule has 0 heterocycles. The van der Waals surface area contributed by atoms with Crippen LogP contribution >= 0.6 is 0 Å². The van der Waals surface area contributed by atoms with Gasteiger partial charge in [-0.3, -0.25) is 9.59 Å². The lowest BCUT2D eigenvalue weighted by atomic mass is 9.96. The van der Waals surface area contributed by atoms with Crippen LogP contribution in [0.25, 0.3) is 0 Å². The molecule has 6 heteroatoms. The van der Waals surface area contributed by atoms with E-state index in [1.165, 1.54) is 5.19 Å². The SMILES string of the molecule is COc1ccc(C(NC(=O)C2(C#N)CC2)C(=O)Cc2ccc([Si](C)(C)C)cc2)cc1. The van der Waals surface area contributed by atoms with Crippen molar-refractivity contribution in [2.45, 2.75) is 44.9 Å². The van der Waals surface area contributed by atoms with Gasteiger partial charge in [0.05, 0.1) is 21.3 Å². The van der Waals surface area contributed by atoms with Crippen LogP contribution < -0.4 is 15.2 Å². The maximum absolute atomic E-state index is 13.2. The van der Waals surface area contributed by atoms with Crippen LogP contribution in [0.5, 0.6) is 5.75 Å². The minimum Gasteiger partial charge on any atom is -0.497 e. The molecule has 0 bridgehead atoms. The van der Waals surface area contributed by atoms with E-state index in [1.54, 1.807) is 31.4 Å². The van der Waals surface area contributed by atoms with E-state index in [4.69, 9.17) is 4.74 Å². The maximum Gasteiger partial charge on any atom is 0.241 e. The van der Waals surface area contributed by atoms with Crippen LogP contribution in [0.3, 0.4) is 0 Å². The van der Waals surface area contributed by atoms with E-state index in [0.29, 0.717) is 24.2 Å². The van der Waals surface area contributed by atoms with E-state index in [9.17, 15) is 14.9 Å². The summed E-state index contributed by atoms with van der Waals surface area (Å²) in [6.07, 6.45) is 1.29. The van der Waals surface area contributed by atoms with Crippen molar-refractivity contribution in [2.75, 3.05) is 7.11 Å². The summed E-state index contributed by atoms with van der Waals surface area (Å²) < 4.78 is 5.19. The molecule has 0 aliphatic heterocycles. The largest absolute Gasteiger partial charge is 0.497 e. The van der Waals surface area contributed by atoms with Crippen LogP contribution in [0, 0.1) is 16.7 Å². The molecule has 0 radical (unpaired) electrons. The number of ether oxygens (including phenoxy) is 1. The van der Waals surface area contributed by atoms with Crippen molar-refractivity contribution in [3.05, 3.63) is 59.7 Å². The van der Waals surface area contributed by atoms with Crippen LogP contribution in [-0.4, -0.2) is 26.9 Å². The smallest absolute Gasteiger partial charge is 0.241 e. The standard InChI is InChI=1S/C24H28N2O3Si/c1-29-19-9-7-18(8-10-19)22(26-23(28)24(16-25)13-14-24)21(27)15-17-5-11-20(12-6-17)30(2,3)4/h5-12,22H,13-15H2,1-4H3,(H,26,28). The molecular formula is C24H28N2O3Si. The molecule has 1 amide bonds. The number of ketones is 1. The van der Waals surface area contributed by atoms with Gasteiger partial charge >= 0.3 is 0 Å². The molecule has 1 atom stereocenters. The van der Waals surface area contributed by atoms with Gasteiger partial charge in [0.25, 0.3) is 0 Å². The Morgan fingerprint density at radius 2 is 1.70 bits per heavy atom. The van der Waals surface area contributed by atoms with Gasteiger partial charge in [0.2, 0.25) is 5.91 Å². The van der Waals surface area contributed by atoms with Crippen molar-refractivity contribution >= 4 is 25.0 Å². The highest BCUT2D eigenvalue weighted by atomic mass is 28.3. The summed E-state index contributed by atoms with van der Waals surface area (Å²) >= 11 is 0. The molecule has 0 spiro atoms. The maximum atomic E-state index is 13.2. The highest BCUT2D eigenvalue weighted by Gasteiger charge is 2.51. The molecule has 30 heavy (non-hydrogen) atoms.